The average molecular weight is 410 g/mol. The zero-order valence-corrected chi connectivity index (χ0v) is 17.7. The first-order valence-electron chi connectivity index (χ1n) is 11.3. The lowest BCUT2D eigenvalue weighted by Crippen LogP contribution is -2.48. The molecular weight excluding hydrogens is 378 g/mol. The number of nitriles is 1. The summed E-state index contributed by atoms with van der Waals surface area (Å²) in [5.41, 5.74) is 0.616. The molecule has 1 saturated carbocycles. The first kappa shape index (κ1) is 20.8. The first-order valence-corrected chi connectivity index (χ1v) is 11.3. The van der Waals surface area contributed by atoms with Crippen LogP contribution in [0.25, 0.3) is 0 Å². The number of carbonyl (C=O) groups excluding carboxylic acids is 2. The molecule has 0 atom stereocenters. The van der Waals surface area contributed by atoms with Crippen molar-refractivity contribution in [3.63, 3.8) is 0 Å². The summed E-state index contributed by atoms with van der Waals surface area (Å²) >= 11 is 0. The minimum absolute atomic E-state index is 0.0106. The minimum Gasteiger partial charge on any atom is -0.353 e. The number of carbonyl (C=O) groups is 2. The van der Waals surface area contributed by atoms with Crippen molar-refractivity contribution in [2.24, 2.45) is 5.41 Å². The first-order chi connectivity index (χ1) is 14.6. The average Bonchev–Trinajstić information content (AvgIpc) is 3.20. The predicted molar refractivity (Wildman–Crippen MR) is 114 cm³/mol. The SMILES string of the molecule is N#Cc1cccnc1N1CCN(CCCCN2C(=O)CC3(CCCC3)CC2=O)CC1. The van der Waals surface area contributed by atoms with Crippen molar-refractivity contribution in [2.75, 3.05) is 44.2 Å². The van der Waals surface area contributed by atoms with E-state index in [1.54, 1.807) is 12.3 Å². The van der Waals surface area contributed by atoms with Crippen LogP contribution in [-0.4, -0.2) is 65.9 Å². The van der Waals surface area contributed by atoms with Crippen molar-refractivity contribution < 1.29 is 9.59 Å². The van der Waals surface area contributed by atoms with Crippen LogP contribution in [0.4, 0.5) is 5.82 Å². The summed E-state index contributed by atoms with van der Waals surface area (Å²) in [5, 5.41) is 9.27. The number of aromatic nitrogens is 1. The molecule has 160 valence electrons. The van der Waals surface area contributed by atoms with Crippen molar-refractivity contribution >= 4 is 17.6 Å². The van der Waals surface area contributed by atoms with Crippen molar-refractivity contribution in [3.05, 3.63) is 23.9 Å². The number of imide groups is 1. The van der Waals surface area contributed by atoms with E-state index in [0.717, 1.165) is 77.1 Å². The van der Waals surface area contributed by atoms with Gasteiger partial charge in [-0.2, -0.15) is 5.26 Å². The Morgan fingerprint density at radius 2 is 1.67 bits per heavy atom. The number of pyridine rings is 1. The molecular formula is C23H31N5O2. The number of hydrogen-bond acceptors (Lipinski definition) is 6. The van der Waals surface area contributed by atoms with E-state index >= 15 is 0 Å². The third-order valence-electron chi connectivity index (χ3n) is 7.00. The van der Waals surface area contributed by atoms with Crippen LogP contribution in [0, 0.1) is 16.7 Å². The fourth-order valence-electron chi connectivity index (χ4n) is 5.29. The molecule has 2 aliphatic heterocycles. The summed E-state index contributed by atoms with van der Waals surface area (Å²) in [4.78, 5) is 35.6. The standard InChI is InChI=1S/C23H31N5O2/c24-18-19-6-5-9-25-22(19)27-14-12-26(13-15-27)10-3-4-11-28-20(29)16-23(17-21(28)30)7-1-2-8-23/h5-6,9H,1-4,7-8,10-17H2. The van der Waals surface area contributed by atoms with Gasteiger partial charge < -0.3 is 4.90 Å². The number of piperazine rings is 1. The maximum Gasteiger partial charge on any atom is 0.229 e. The van der Waals surface area contributed by atoms with Crippen LogP contribution in [0.3, 0.4) is 0 Å². The van der Waals surface area contributed by atoms with Gasteiger partial charge in [0.1, 0.15) is 11.9 Å². The van der Waals surface area contributed by atoms with Gasteiger partial charge in [0.05, 0.1) is 5.56 Å². The molecule has 30 heavy (non-hydrogen) atoms. The molecule has 3 heterocycles. The van der Waals surface area contributed by atoms with Gasteiger partial charge in [0.2, 0.25) is 11.8 Å². The van der Waals surface area contributed by atoms with Gasteiger partial charge in [-0.25, -0.2) is 4.98 Å². The Labute approximate surface area is 178 Å². The Morgan fingerprint density at radius 1 is 1.00 bits per heavy atom. The molecule has 1 spiro atoms. The highest BCUT2D eigenvalue weighted by molar-refractivity contribution is 5.98. The lowest BCUT2D eigenvalue weighted by Gasteiger charge is -2.37. The van der Waals surface area contributed by atoms with E-state index in [-0.39, 0.29) is 17.2 Å². The van der Waals surface area contributed by atoms with Crippen molar-refractivity contribution in [2.45, 2.75) is 51.4 Å². The Hall–Kier alpha value is -2.46. The Balaban J connectivity index is 1.18. The maximum absolute atomic E-state index is 12.5. The van der Waals surface area contributed by atoms with Crippen LogP contribution in [0.1, 0.15) is 56.9 Å². The Morgan fingerprint density at radius 3 is 2.33 bits per heavy atom. The summed E-state index contributed by atoms with van der Waals surface area (Å²) < 4.78 is 0. The van der Waals surface area contributed by atoms with Gasteiger partial charge in [0.25, 0.3) is 0 Å². The lowest BCUT2D eigenvalue weighted by molar-refractivity contribution is -0.153. The summed E-state index contributed by atoms with van der Waals surface area (Å²) in [6.07, 6.45) is 9.12. The summed E-state index contributed by atoms with van der Waals surface area (Å²) in [6, 6.07) is 5.83. The molecule has 1 aliphatic carbocycles. The smallest absolute Gasteiger partial charge is 0.229 e. The fourth-order valence-corrected chi connectivity index (χ4v) is 5.29. The third kappa shape index (κ3) is 4.49. The fraction of sp³-hybridized carbons (Fsp3) is 0.652. The molecule has 0 bridgehead atoms. The van der Waals surface area contributed by atoms with Gasteiger partial charge in [-0.3, -0.25) is 19.4 Å². The number of likely N-dealkylation sites (tertiary alicyclic amines) is 1. The van der Waals surface area contributed by atoms with Gasteiger partial charge in [-0.15, -0.1) is 0 Å². The molecule has 1 aromatic rings. The number of piperidine rings is 1. The molecule has 2 amide bonds. The number of hydrogen-bond donors (Lipinski definition) is 0. The second-order valence-electron chi connectivity index (χ2n) is 9.02. The molecule has 0 radical (unpaired) electrons. The number of unbranched alkanes of at least 4 members (excludes halogenated alkanes) is 1. The largest absolute Gasteiger partial charge is 0.353 e. The van der Waals surface area contributed by atoms with E-state index in [2.05, 4.69) is 20.9 Å². The van der Waals surface area contributed by atoms with Crippen LogP contribution in [0.15, 0.2) is 18.3 Å². The number of amides is 2. The molecule has 7 heteroatoms. The highest BCUT2D eigenvalue weighted by Gasteiger charge is 2.44. The van der Waals surface area contributed by atoms with Crippen molar-refractivity contribution in [3.8, 4) is 6.07 Å². The van der Waals surface area contributed by atoms with Gasteiger partial charge >= 0.3 is 0 Å². The van der Waals surface area contributed by atoms with E-state index < -0.39 is 0 Å². The Bertz CT molecular complexity index is 799. The minimum atomic E-state index is -0.0106. The molecule has 0 N–H and O–H groups in total. The van der Waals surface area contributed by atoms with Crippen LogP contribution in [0.5, 0.6) is 0 Å². The highest BCUT2D eigenvalue weighted by atomic mass is 16.2. The number of rotatable bonds is 6. The van der Waals surface area contributed by atoms with Crippen LogP contribution >= 0.6 is 0 Å². The lowest BCUT2D eigenvalue weighted by atomic mass is 9.76. The van der Waals surface area contributed by atoms with Crippen molar-refractivity contribution in [1.29, 1.82) is 5.26 Å². The highest BCUT2D eigenvalue weighted by Crippen LogP contribution is 2.46. The summed E-state index contributed by atoms with van der Waals surface area (Å²) in [6.45, 7) is 5.12. The second-order valence-corrected chi connectivity index (χ2v) is 9.02. The van der Waals surface area contributed by atoms with Crippen LogP contribution < -0.4 is 4.90 Å². The van der Waals surface area contributed by atoms with E-state index in [9.17, 15) is 14.9 Å². The van der Waals surface area contributed by atoms with Gasteiger partial charge in [0, 0.05) is 51.8 Å². The van der Waals surface area contributed by atoms with Gasteiger partial charge in [-0.05, 0) is 49.8 Å². The number of nitrogens with zero attached hydrogens (tertiary/aromatic N) is 5. The molecule has 0 unspecified atom stereocenters. The van der Waals surface area contributed by atoms with E-state index in [1.807, 2.05) is 6.07 Å². The number of anilines is 1. The molecule has 2 saturated heterocycles. The van der Waals surface area contributed by atoms with E-state index in [1.165, 1.54) is 4.90 Å². The van der Waals surface area contributed by atoms with Gasteiger partial charge in [-0.1, -0.05) is 12.8 Å². The summed E-state index contributed by atoms with van der Waals surface area (Å²) in [5.74, 6) is 0.873. The quantitative estimate of drug-likeness (QED) is 0.531. The topological polar surface area (TPSA) is 80.5 Å². The monoisotopic (exact) mass is 409 g/mol. The molecule has 3 fully saturated rings. The van der Waals surface area contributed by atoms with Crippen molar-refractivity contribution in [1.82, 2.24) is 14.8 Å². The zero-order valence-electron chi connectivity index (χ0n) is 17.7. The normalized spacial score (nSPS) is 22.0. The molecule has 7 nitrogen and oxygen atoms in total. The van der Waals surface area contributed by atoms with E-state index in [4.69, 9.17) is 0 Å². The molecule has 1 aromatic heterocycles. The Kier molecular flexibility index (Phi) is 6.33. The predicted octanol–water partition coefficient (Wildman–Crippen LogP) is 2.56. The molecule has 3 aliphatic rings. The third-order valence-corrected chi connectivity index (χ3v) is 7.00. The second kappa shape index (κ2) is 9.13. The van der Waals surface area contributed by atoms with Gasteiger partial charge in [0.15, 0.2) is 0 Å². The molecule has 4 rings (SSSR count). The molecule has 0 aromatic carbocycles. The van der Waals surface area contributed by atoms with Crippen LogP contribution in [-0.2, 0) is 9.59 Å². The van der Waals surface area contributed by atoms with E-state index in [0.29, 0.717) is 24.9 Å². The summed E-state index contributed by atoms with van der Waals surface area (Å²) in [7, 11) is 0. The maximum atomic E-state index is 12.5. The zero-order chi connectivity index (χ0) is 21.0. The van der Waals surface area contributed by atoms with Crippen LogP contribution in [0.2, 0.25) is 0 Å².